The molecule has 0 bridgehead atoms. The molecule has 0 aliphatic carbocycles. The normalized spacial score (nSPS) is 10.8. The van der Waals surface area contributed by atoms with Gasteiger partial charge in [0.25, 0.3) is 0 Å². The van der Waals surface area contributed by atoms with Crippen molar-refractivity contribution < 1.29 is 4.42 Å². The molecule has 0 aromatic carbocycles. The summed E-state index contributed by atoms with van der Waals surface area (Å²) in [6.45, 7) is 2.65. The van der Waals surface area contributed by atoms with Gasteiger partial charge in [0.1, 0.15) is 5.76 Å². The molecular weight excluding hydrogens is 204 g/mol. The molecule has 0 saturated heterocycles. The quantitative estimate of drug-likeness (QED) is 0.719. The number of aryl methyl sites for hydroxylation is 1. The summed E-state index contributed by atoms with van der Waals surface area (Å²) in [6, 6.07) is 3.65. The first-order valence-corrected chi connectivity index (χ1v) is 5.35. The predicted molar refractivity (Wildman–Crippen MR) is 61.7 cm³/mol. The molecule has 2 aromatic rings. The van der Waals surface area contributed by atoms with Crippen LogP contribution < -0.4 is 11.1 Å². The number of aromatic nitrogens is 2. The zero-order valence-electron chi connectivity index (χ0n) is 9.10. The number of hydrogen-bond acceptors (Lipinski definition) is 4. The van der Waals surface area contributed by atoms with Crippen LogP contribution in [0.15, 0.2) is 35.3 Å². The number of nitrogens with zero attached hydrogens (tertiary/aromatic N) is 2. The zero-order chi connectivity index (χ0) is 11.2. The largest absolute Gasteiger partial charge is 0.445 e. The van der Waals surface area contributed by atoms with E-state index in [2.05, 4.69) is 14.9 Å². The molecule has 2 rings (SSSR count). The van der Waals surface area contributed by atoms with Crippen LogP contribution in [0.5, 0.6) is 0 Å². The van der Waals surface area contributed by atoms with Gasteiger partial charge in [-0.3, -0.25) is 0 Å². The second-order valence-corrected chi connectivity index (χ2v) is 3.63. The fraction of sp³-hybridized carbons (Fsp3) is 0.364. The topological polar surface area (TPSA) is 69.0 Å². The summed E-state index contributed by atoms with van der Waals surface area (Å²) in [6.07, 6.45) is 6.64. The van der Waals surface area contributed by atoms with Gasteiger partial charge in [0.05, 0.1) is 12.9 Å². The Labute approximate surface area is 94.3 Å². The first kappa shape index (κ1) is 10.8. The van der Waals surface area contributed by atoms with E-state index < -0.39 is 0 Å². The lowest BCUT2D eigenvalue weighted by Gasteiger charge is -2.03. The highest BCUT2D eigenvalue weighted by Crippen LogP contribution is 2.08. The Morgan fingerprint density at radius 1 is 1.44 bits per heavy atom. The van der Waals surface area contributed by atoms with Crippen LogP contribution in [0, 0.1) is 0 Å². The number of hydrogen-bond donors (Lipinski definition) is 2. The molecule has 2 heterocycles. The second-order valence-electron chi connectivity index (χ2n) is 3.63. The zero-order valence-corrected chi connectivity index (χ0v) is 9.10. The van der Waals surface area contributed by atoms with Gasteiger partial charge in [0, 0.05) is 25.0 Å². The molecule has 0 unspecified atom stereocenters. The van der Waals surface area contributed by atoms with E-state index in [0.29, 0.717) is 5.88 Å². The maximum atomic E-state index is 5.47. The summed E-state index contributed by atoms with van der Waals surface area (Å²) < 4.78 is 7.30. The van der Waals surface area contributed by atoms with Crippen LogP contribution in [0.25, 0.3) is 0 Å². The Kier molecular flexibility index (Phi) is 3.61. The Bertz CT molecular complexity index is 407. The third kappa shape index (κ3) is 3.13. The van der Waals surface area contributed by atoms with Crippen LogP contribution in [0.2, 0.25) is 0 Å². The number of rotatable bonds is 6. The molecule has 0 aliphatic heterocycles. The lowest BCUT2D eigenvalue weighted by atomic mass is 10.4. The standard InChI is InChI=1S/C11H16N4O/c12-11-3-2-10(16-11)8-13-4-1-6-15-7-5-14-9-15/h2-3,5,7,9,13H,1,4,6,8,12H2. The van der Waals surface area contributed by atoms with Crippen molar-refractivity contribution in [3.8, 4) is 0 Å². The number of imidazole rings is 1. The first-order chi connectivity index (χ1) is 7.84. The van der Waals surface area contributed by atoms with Crippen LogP contribution in [-0.2, 0) is 13.1 Å². The molecule has 0 amide bonds. The number of nitrogens with two attached hydrogens (primary N) is 1. The summed E-state index contributed by atoms with van der Waals surface area (Å²) >= 11 is 0. The maximum absolute atomic E-state index is 5.47. The number of anilines is 1. The molecule has 0 spiro atoms. The van der Waals surface area contributed by atoms with E-state index in [9.17, 15) is 0 Å². The van der Waals surface area contributed by atoms with Crippen LogP contribution in [0.1, 0.15) is 12.2 Å². The number of nitrogens with one attached hydrogen (secondary N) is 1. The smallest absolute Gasteiger partial charge is 0.190 e. The van der Waals surface area contributed by atoms with Crippen molar-refractivity contribution in [3.63, 3.8) is 0 Å². The summed E-state index contributed by atoms with van der Waals surface area (Å²) in [5.41, 5.74) is 5.47. The lowest BCUT2D eigenvalue weighted by Crippen LogP contribution is -2.15. The monoisotopic (exact) mass is 220 g/mol. The highest BCUT2D eigenvalue weighted by atomic mass is 16.4. The average molecular weight is 220 g/mol. The molecule has 2 aromatic heterocycles. The molecule has 3 N–H and O–H groups in total. The van der Waals surface area contributed by atoms with Crippen LogP contribution in [0.3, 0.4) is 0 Å². The minimum atomic E-state index is 0.468. The van der Waals surface area contributed by atoms with Crippen LogP contribution in [0.4, 0.5) is 5.88 Å². The van der Waals surface area contributed by atoms with E-state index in [-0.39, 0.29) is 0 Å². The molecular formula is C11H16N4O. The average Bonchev–Trinajstić information content (AvgIpc) is 2.89. The molecule has 5 nitrogen and oxygen atoms in total. The van der Waals surface area contributed by atoms with Gasteiger partial charge in [0.2, 0.25) is 0 Å². The number of furan rings is 1. The predicted octanol–water partition coefficient (Wildman–Crippen LogP) is 1.24. The van der Waals surface area contributed by atoms with Crippen molar-refractivity contribution in [1.29, 1.82) is 0 Å². The van der Waals surface area contributed by atoms with Crippen molar-refractivity contribution in [2.75, 3.05) is 12.3 Å². The first-order valence-electron chi connectivity index (χ1n) is 5.35. The van der Waals surface area contributed by atoms with Crippen LogP contribution in [-0.4, -0.2) is 16.1 Å². The van der Waals surface area contributed by atoms with E-state index in [4.69, 9.17) is 10.2 Å². The van der Waals surface area contributed by atoms with Gasteiger partial charge in [-0.15, -0.1) is 0 Å². The Hall–Kier alpha value is -1.75. The third-order valence-corrected chi connectivity index (χ3v) is 2.31. The van der Waals surface area contributed by atoms with Gasteiger partial charge in [-0.25, -0.2) is 4.98 Å². The molecule has 0 radical (unpaired) electrons. The summed E-state index contributed by atoms with van der Waals surface area (Å²) in [7, 11) is 0. The van der Waals surface area contributed by atoms with Gasteiger partial charge in [0.15, 0.2) is 5.88 Å². The summed E-state index contributed by atoms with van der Waals surface area (Å²) in [5.74, 6) is 1.34. The van der Waals surface area contributed by atoms with Crippen molar-refractivity contribution in [2.24, 2.45) is 0 Å². The maximum Gasteiger partial charge on any atom is 0.190 e. The van der Waals surface area contributed by atoms with Gasteiger partial charge < -0.3 is 20.0 Å². The van der Waals surface area contributed by atoms with Gasteiger partial charge in [-0.2, -0.15) is 0 Å². The van der Waals surface area contributed by atoms with E-state index in [1.54, 1.807) is 12.3 Å². The molecule has 0 saturated carbocycles. The fourth-order valence-corrected chi connectivity index (χ4v) is 1.51. The number of nitrogen functional groups attached to an aromatic ring is 1. The molecule has 0 fully saturated rings. The van der Waals surface area contributed by atoms with Gasteiger partial charge >= 0.3 is 0 Å². The van der Waals surface area contributed by atoms with E-state index in [1.807, 2.05) is 18.6 Å². The highest BCUT2D eigenvalue weighted by molar-refractivity contribution is 5.25. The Morgan fingerprint density at radius 3 is 3.06 bits per heavy atom. The minimum absolute atomic E-state index is 0.468. The summed E-state index contributed by atoms with van der Waals surface area (Å²) in [4.78, 5) is 3.99. The molecule has 16 heavy (non-hydrogen) atoms. The van der Waals surface area contributed by atoms with Crippen molar-refractivity contribution in [1.82, 2.24) is 14.9 Å². The molecule has 0 atom stereocenters. The third-order valence-electron chi connectivity index (χ3n) is 2.31. The van der Waals surface area contributed by atoms with Crippen LogP contribution >= 0.6 is 0 Å². The molecule has 0 aliphatic rings. The second kappa shape index (κ2) is 5.37. The SMILES string of the molecule is Nc1ccc(CNCCCn2ccnc2)o1. The van der Waals surface area contributed by atoms with Crippen molar-refractivity contribution >= 4 is 5.88 Å². The minimum Gasteiger partial charge on any atom is -0.445 e. The van der Waals surface area contributed by atoms with E-state index >= 15 is 0 Å². The Morgan fingerprint density at radius 2 is 2.38 bits per heavy atom. The molecule has 86 valence electrons. The van der Waals surface area contributed by atoms with Gasteiger partial charge in [-0.05, 0) is 19.0 Å². The van der Waals surface area contributed by atoms with E-state index in [0.717, 1.165) is 31.8 Å². The van der Waals surface area contributed by atoms with Crippen molar-refractivity contribution in [2.45, 2.75) is 19.5 Å². The Balaban J connectivity index is 1.59. The van der Waals surface area contributed by atoms with Gasteiger partial charge in [-0.1, -0.05) is 0 Å². The highest BCUT2D eigenvalue weighted by Gasteiger charge is 1.97. The van der Waals surface area contributed by atoms with Crippen molar-refractivity contribution in [3.05, 3.63) is 36.6 Å². The lowest BCUT2D eigenvalue weighted by molar-refractivity contribution is 0.487. The molecule has 5 heteroatoms. The van der Waals surface area contributed by atoms with E-state index in [1.165, 1.54) is 0 Å². The summed E-state index contributed by atoms with van der Waals surface area (Å²) in [5, 5.41) is 3.29. The fourth-order valence-electron chi connectivity index (χ4n) is 1.51.